The molecule has 0 bridgehead atoms. The van der Waals surface area contributed by atoms with Gasteiger partial charge in [0.05, 0.1) is 0 Å². The third kappa shape index (κ3) is 5.38. The van der Waals surface area contributed by atoms with Crippen molar-refractivity contribution in [2.45, 2.75) is 61.8 Å². The van der Waals surface area contributed by atoms with E-state index in [-0.39, 0.29) is 0 Å². The van der Waals surface area contributed by atoms with Gasteiger partial charge >= 0.3 is 0 Å². The Bertz CT molecular complexity index is 525. The normalized spacial score (nSPS) is 13.4. The van der Waals surface area contributed by atoms with Crippen molar-refractivity contribution in [1.29, 1.82) is 0 Å². The average Bonchev–Trinajstić information content (AvgIpc) is 2.69. The second-order valence-corrected chi connectivity index (χ2v) is 4.86. The van der Waals surface area contributed by atoms with Crippen molar-refractivity contribution in [3.05, 3.63) is 64.3 Å². The van der Waals surface area contributed by atoms with Gasteiger partial charge in [-0.1, -0.05) is 69.7 Å². The molecular formula is C21H32. The minimum atomic E-state index is 1.04. The summed E-state index contributed by atoms with van der Waals surface area (Å²) in [5.41, 5.74) is 8.19. The first-order valence-corrected chi connectivity index (χ1v) is 8.22. The summed E-state index contributed by atoms with van der Waals surface area (Å²) in [6.07, 6.45) is 7.83. The summed E-state index contributed by atoms with van der Waals surface area (Å²) in [5.74, 6) is 0. The lowest BCUT2D eigenvalue weighted by atomic mass is 9.95. The summed E-state index contributed by atoms with van der Waals surface area (Å²) in [7, 11) is 0. The second-order valence-electron chi connectivity index (χ2n) is 4.86. The number of rotatable bonds is 1. The molecule has 0 aromatic heterocycles. The van der Waals surface area contributed by atoms with Crippen LogP contribution in [-0.2, 0) is 0 Å². The quantitative estimate of drug-likeness (QED) is 0.519. The number of benzene rings is 1. The van der Waals surface area contributed by atoms with E-state index in [4.69, 9.17) is 0 Å². The molecule has 1 aliphatic rings. The molecule has 0 aliphatic heterocycles. The third-order valence-corrected chi connectivity index (χ3v) is 3.66. The average molecular weight is 284 g/mol. The summed E-state index contributed by atoms with van der Waals surface area (Å²) in [6, 6.07) is 6.73. The van der Waals surface area contributed by atoms with Gasteiger partial charge in [-0.2, -0.15) is 0 Å². The lowest BCUT2D eigenvalue weighted by Crippen LogP contribution is -1.90. The summed E-state index contributed by atoms with van der Waals surface area (Å²) in [5, 5.41) is 0. The zero-order valence-corrected chi connectivity index (χ0v) is 15.2. The standard InChI is InChI=1S/C17H20.2C2H6/c1-12-9-10-16(11-14(12)3)17-8-6-5-7-13(2)15(17)4;2*1-2/h6-11H,5H2,1-4H3;2*1-2H3. The third-order valence-electron chi connectivity index (χ3n) is 3.66. The number of hydrogen-bond donors (Lipinski definition) is 0. The molecule has 0 saturated heterocycles. The van der Waals surface area contributed by atoms with Gasteiger partial charge < -0.3 is 0 Å². The van der Waals surface area contributed by atoms with Crippen LogP contribution in [0, 0.1) is 13.8 Å². The Kier molecular flexibility index (Phi) is 9.45. The maximum absolute atomic E-state index is 2.29. The van der Waals surface area contributed by atoms with Gasteiger partial charge in [0, 0.05) is 0 Å². The molecule has 0 unspecified atom stereocenters. The van der Waals surface area contributed by atoms with E-state index in [9.17, 15) is 0 Å². The van der Waals surface area contributed by atoms with E-state index < -0.39 is 0 Å². The van der Waals surface area contributed by atoms with Gasteiger partial charge in [0.15, 0.2) is 0 Å². The molecule has 21 heavy (non-hydrogen) atoms. The maximum atomic E-state index is 2.29. The fourth-order valence-electron chi connectivity index (χ4n) is 2.14. The van der Waals surface area contributed by atoms with Crippen LogP contribution in [0.2, 0.25) is 0 Å². The van der Waals surface area contributed by atoms with Crippen LogP contribution in [0.4, 0.5) is 0 Å². The highest BCUT2D eigenvalue weighted by molar-refractivity contribution is 5.80. The van der Waals surface area contributed by atoms with Crippen molar-refractivity contribution in [2.24, 2.45) is 0 Å². The maximum Gasteiger partial charge on any atom is -0.0155 e. The van der Waals surface area contributed by atoms with Crippen LogP contribution >= 0.6 is 0 Å². The molecule has 116 valence electrons. The van der Waals surface area contributed by atoms with Crippen molar-refractivity contribution in [3.63, 3.8) is 0 Å². The number of allylic oxidation sites excluding steroid dienone is 6. The molecule has 2 rings (SSSR count). The zero-order valence-electron chi connectivity index (χ0n) is 15.2. The lowest BCUT2D eigenvalue weighted by Gasteiger charge is -2.10. The van der Waals surface area contributed by atoms with Crippen LogP contribution in [-0.4, -0.2) is 0 Å². The molecule has 0 fully saturated rings. The predicted molar refractivity (Wildman–Crippen MR) is 98.7 cm³/mol. The highest BCUT2D eigenvalue weighted by atomic mass is 14.1. The molecule has 0 saturated carbocycles. The van der Waals surface area contributed by atoms with Crippen molar-refractivity contribution >= 4 is 5.57 Å². The second kappa shape index (κ2) is 10.2. The molecule has 0 spiro atoms. The van der Waals surface area contributed by atoms with Crippen molar-refractivity contribution in [3.8, 4) is 0 Å². The summed E-state index contributed by atoms with van der Waals surface area (Å²) < 4.78 is 0. The van der Waals surface area contributed by atoms with Crippen molar-refractivity contribution < 1.29 is 0 Å². The molecule has 0 heteroatoms. The number of aryl methyl sites for hydroxylation is 2. The van der Waals surface area contributed by atoms with Gasteiger partial charge in [-0.25, -0.2) is 0 Å². The van der Waals surface area contributed by atoms with Crippen LogP contribution in [0.1, 0.15) is 64.7 Å². The Balaban J connectivity index is 0.000000921. The van der Waals surface area contributed by atoms with Gasteiger partial charge in [-0.05, 0) is 62.0 Å². The topological polar surface area (TPSA) is 0 Å². The molecule has 0 N–H and O–H groups in total. The van der Waals surface area contributed by atoms with E-state index in [0.717, 1.165) is 6.42 Å². The molecule has 0 nitrogen and oxygen atoms in total. The van der Waals surface area contributed by atoms with E-state index in [0.29, 0.717) is 0 Å². The largest absolute Gasteiger partial charge is 0.0801 e. The van der Waals surface area contributed by atoms with Gasteiger partial charge in [0.25, 0.3) is 0 Å². The van der Waals surface area contributed by atoms with Gasteiger partial charge in [-0.15, -0.1) is 0 Å². The van der Waals surface area contributed by atoms with Crippen LogP contribution in [0.5, 0.6) is 0 Å². The summed E-state index contributed by atoms with van der Waals surface area (Å²) in [4.78, 5) is 0. The Morgan fingerprint density at radius 1 is 0.810 bits per heavy atom. The first-order valence-electron chi connectivity index (χ1n) is 8.22. The fourth-order valence-corrected chi connectivity index (χ4v) is 2.14. The molecule has 0 amide bonds. The number of hydrogen-bond acceptors (Lipinski definition) is 0. The molecule has 0 heterocycles. The summed E-state index contributed by atoms with van der Waals surface area (Å²) >= 11 is 0. The Hall–Kier alpha value is -1.56. The van der Waals surface area contributed by atoms with Crippen LogP contribution in [0.25, 0.3) is 5.57 Å². The predicted octanol–water partition coefficient (Wildman–Crippen LogP) is 7.04. The van der Waals surface area contributed by atoms with E-state index in [1.165, 1.54) is 33.4 Å². The Morgan fingerprint density at radius 3 is 2.00 bits per heavy atom. The van der Waals surface area contributed by atoms with E-state index in [1.54, 1.807) is 0 Å². The zero-order chi connectivity index (χ0) is 16.4. The SMILES string of the molecule is CC.CC.CC1=CCC=CC(c2ccc(C)c(C)c2)=C1C. The molecular weight excluding hydrogens is 252 g/mol. The monoisotopic (exact) mass is 284 g/mol. The Morgan fingerprint density at radius 2 is 1.43 bits per heavy atom. The minimum Gasteiger partial charge on any atom is -0.0801 e. The molecule has 1 aromatic carbocycles. The van der Waals surface area contributed by atoms with Gasteiger partial charge in [0.2, 0.25) is 0 Å². The van der Waals surface area contributed by atoms with E-state index >= 15 is 0 Å². The van der Waals surface area contributed by atoms with Crippen molar-refractivity contribution in [1.82, 2.24) is 0 Å². The Labute approximate surface area is 132 Å². The lowest BCUT2D eigenvalue weighted by molar-refractivity contribution is 1.29. The smallest absolute Gasteiger partial charge is 0.0155 e. The van der Waals surface area contributed by atoms with Crippen LogP contribution in [0.15, 0.2) is 47.6 Å². The summed E-state index contributed by atoms with van der Waals surface area (Å²) in [6.45, 7) is 16.8. The van der Waals surface area contributed by atoms with Crippen molar-refractivity contribution in [2.75, 3.05) is 0 Å². The minimum absolute atomic E-state index is 1.04. The highest BCUT2D eigenvalue weighted by Crippen LogP contribution is 2.28. The van der Waals surface area contributed by atoms with E-state index in [2.05, 4.69) is 64.1 Å². The van der Waals surface area contributed by atoms with Crippen LogP contribution in [0.3, 0.4) is 0 Å². The highest BCUT2D eigenvalue weighted by Gasteiger charge is 2.07. The van der Waals surface area contributed by atoms with E-state index in [1.807, 2.05) is 27.7 Å². The molecule has 1 aromatic rings. The first-order chi connectivity index (χ1) is 10.1. The molecule has 0 atom stereocenters. The first kappa shape index (κ1) is 19.4. The molecule has 0 radical (unpaired) electrons. The molecule has 1 aliphatic carbocycles. The van der Waals surface area contributed by atoms with Crippen LogP contribution < -0.4 is 0 Å². The van der Waals surface area contributed by atoms with Gasteiger partial charge in [-0.3, -0.25) is 0 Å². The van der Waals surface area contributed by atoms with Gasteiger partial charge in [0.1, 0.15) is 0 Å². The fraction of sp³-hybridized carbons (Fsp3) is 0.429.